The number of anilines is 1. The number of aromatic nitrogens is 3. The van der Waals surface area contributed by atoms with Crippen molar-refractivity contribution in [2.45, 2.75) is 26.3 Å². The molecule has 6 heteroatoms. The number of aryl methyl sites for hydroxylation is 1. The molecular formula is C27H27N5O. The van der Waals surface area contributed by atoms with Crippen molar-refractivity contribution < 1.29 is 4.79 Å². The number of pyridine rings is 1. The fourth-order valence-electron chi connectivity index (χ4n) is 4.32. The van der Waals surface area contributed by atoms with E-state index in [0.29, 0.717) is 12.4 Å². The summed E-state index contributed by atoms with van der Waals surface area (Å²) in [5.41, 5.74) is 4.22. The highest BCUT2D eigenvalue weighted by molar-refractivity contribution is 5.91. The van der Waals surface area contributed by atoms with Gasteiger partial charge in [0.05, 0.1) is 5.52 Å². The van der Waals surface area contributed by atoms with Gasteiger partial charge in [0.15, 0.2) is 5.82 Å². The third kappa shape index (κ3) is 4.70. The second kappa shape index (κ2) is 9.36. The van der Waals surface area contributed by atoms with E-state index in [-0.39, 0.29) is 11.8 Å². The van der Waals surface area contributed by atoms with Crippen LogP contribution in [0.1, 0.15) is 24.0 Å². The molecule has 6 nitrogen and oxygen atoms in total. The number of rotatable bonds is 5. The number of benzene rings is 2. The molecule has 0 unspecified atom stereocenters. The number of amides is 1. The molecule has 166 valence electrons. The molecule has 33 heavy (non-hydrogen) atoms. The fraction of sp³-hybridized carbons (Fsp3) is 0.259. The van der Waals surface area contributed by atoms with Crippen LogP contribution in [0.2, 0.25) is 0 Å². The monoisotopic (exact) mass is 437 g/mol. The number of fused-ring (bicyclic) bond motifs is 1. The topological polar surface area (TPSA) is 71.0 Å². The summed E-state index contributed by atoms with van der Waals surface area (Å²) in [6, 6.07) is 20.3. The quantitative estimate of drug-likeness (QED) is 0.497. The van der Waals surface area contributed by atoms with Crippen LogP contribution in [0.5, 0.6) is 0 Å². The van der Waals surface area contributed by atoms with E-state index in [1.165, 1.54) is 5.56 Å². The number of hydrogen-bond donors (Lipinski definition) is 1. The van der Waals surface area contributed by atoms with E-state index in [9.17, 15) is 4.79 Å². The SMILES string of the molecule is Cc1ccc(CNC(=O)C2CCN(c3nc(-c4ccncc4)nc4ccccc34)CC2)cc1. The summed E-state index contributed by atoms with van der Waals surface area (Å²) in [7, 11) is 0. The normalized spacial score (nSPS) is 14.4. The predicted octanol–water partition coefficient (Wildman–Crippen LogP) is 4.53. The van der Waals surface area contributed by atoms with Gasteiger partial charge in [0, 0.05) is 48.9 Å². The lowest BCUT2D eigenvalue weighted by molar-refractivity contribution is -0.125. The minimum absolute atomic E-state index is 0.0273. The highest BCUT2D eigenvalue weighted by Gasteiger charge is 2.27. The predicted molar refractivity (Wildman–Crippen MR) is 131 cm³/mol. The van der Waals surface area contributed by atoms with Gasteiger partial charge in [0.25, 0.3) is 0 Å². The third-order valence-electron chi connectivity index (χ3n) is 6.27. The molecule has 1 fully saturated rings. The molecule has 0 spiro atoms. The van der Waals surface area contributed by atoms with Crippen molar-refractivity contribution in [1.29, 1.82) is 0 Å². The lowest BCUT2D eigenvalue weighted by atomic mass is 9.95. The number of piperidine rings is 1. The van der Waals surface area contributed by atoms with Crippen molar-refractivity contribution in [2.75, 3.05) is 18.0 Å². The molecule has 0 radical (unpaired) electrons. The molecule has 2 aromatic heterocycles. The third-order valence-corrected chi connectivity index (χ3v) is 6.27. The highest BCUT2D eigenvalue weighted by Crippen LogP contribution is 2.30. The Kier molecular flexibility index (Phi) is 5.98. The molecule has 0 bridgehead atoms. The molecule has 0 aliphatic carbocycles. The maximum Gasteiger partial charge on any atom is 0.223 e. The van der Waals surface area contributed by atoms with Gasteiger partial charge in [0.1, 0.15) is 5.82 Å². The Morgan fingerprint density at radius 3 is 2.45 bits per heavy atom. The largest absolute Gasteiger partial charge is 0.356 e. The Balaban J connectivity index is 1.30. The molecular weight excluding hydrogens is 410 g/mol. The van der Waals surface area contributed by atoms with Gasteiger partial charge >= 0.3 is 0 Å². The van der Waals surface area contributed by atoms with Gasteiger partial charge in [0.2, 0.25) is 5.91 Å². The zero-order valence-corrected chi connectivity index (χ0v) is 18.7. The fourth-order valence-corrected chi connectivity index (χ4v) is 4.32. The van der Waals surface area contributed by atoms with Gasteiger partial charge < -0.3 is 10.2 Å². The zero-order chi connectivity index (χ0) is 22.6. The standard InChI is InChI=1S/C27H27N5O/c1-19-6-8-20(9-7-19)18-29-27(33)22-12-16-32(17-13-22)26-23-4-2-3-5-24(23)30-25(31-26)21-10-14-28-15-11-21/h2-11,14-15,22H,12-13,16-18H2,1H3,(H,29,33). The molecule has 5 rings (SSSR count). The van der Waals surface area contributed by atoms with Crippen LogP contribution in [0.4, 0.5) is 5.82 Å². The molecule has 0 saturated carbocycles. The minimum Gasteiger partial charge on any atom is -0.356 e. The van der Waals surface area contributed by atoms with Gasteiger partial charge in [-0.1, -0.05) is 42.0 Å². The summed E-state index contributed by atoms with van der Waals surface area (Å²) in [6.07, 6.45) is 5.13. The van der Waals surface area contributed by atoms with Crippen LogP contribution in [-0.4, -0.2) is 33.9 Å². The number of nitrogens with zero attached hydrogens (tertiary/aromatic N) is 4. The van der Waals surface area contributed by atoms with Crippen LogP contribution in [0.25, 0.3) is 22.3 Å². The van der Waals surface area contributed by atoms with E-state index in [1.54, 1.807) is 12.4 Å². The first-order valence-electron chi connectivity index (χ1n) is 11.4. The summed E-state index contributed by atoms with van der Waals surface area (Å²) >= 11 is 0. The van der Waals surface area contributed by atoms with Crippen molar-refractivity contribution in [2.24, 2.45) is 5.92 Å². The molecule has 1 aliphatic rings. The smallest absolute Gasteiger partial charge is 0.223 e. The highest BCUT2D eigenvalue weighted by atomic mass is 16.1. The molecule has 0 atom stereocenters. The molecule has 3 heterocycles. The van der Waals surface area contributed by atoms with Gasteiger partial charge in [-0.05, 0) is 49.6 Å². The first kappa shape index (κ1) is 21.1. The van der Waals surface area contributed by atoms with E-state index in [0.717, 1.165) is 53.8 Å². The Bertz CT molecular complexity index is 1250. The maximum absolute atomic E-state index is 12.8. The second-order valence-electron chi connectivity index (χ2n) is 8.59. The first-order valence-corrected chi connectivity index (χ1v) is 11.4. The molecule has 1 N–H and O–H groups in total. The van der Waals surface area contributed by atoms with Crippen molar-refractivity contribution >= 4 is 22.6 Å². The molecule has 1 aliphatic heterocycles. The van der Waals surface area contributed by atoms with Crippen molar-refractivity contribution in [3.8, 4) is 11.4 Å². The Labute approximate surface area is 193 Å². The van der Waals surface area contributed by atoms with Crippen molar-refractivity contribution in [3.05, 3.63) is 84.2 Å². The summed E-state index contributed by atoms with van der Waals surface area (Å²) in [4.78, 5) is 28.9. The van der Waals surface area contributed by atoms with E-state index >= 15 is 0 Å². The van der Waals surface area contributed by atoms with Crippen molar-refractivity contribution in [1.82, 2.24) is 20.3 Å². The van der Waals surface area contributed by atoms with Crippen LogP contribution in [0, 0.1) is 12.8 Å². The second-order valence-corrected chi connectivity index (χ2v) is 8.59. The number of hydrogen-bond acceptors (Lipinski definition) is 5. The Morgan fingerprint density at radius 2 is 1.70 bits per heavy atom. The Hall–Kier alpha value is -3.80. The maximum atomic E-state index is 12.8. The van der Waals surface area contributed by atoms with Crippen LogP contribution < -0.4 is 10.2 Å². The molecule has 1 saturated heterocycles. The summed E-state index contributed by atoms with van der Waals surface area (Å²) in [5, 5.41) is 4.15. The van der Waals surface area contributed by atoms with Crippen LogP contribution in [0.3, 0.4) is 0 Å². The van der Waals surface area contributed by atoms with Gasteiger partial charge in [-0.2, -0.15) is 0 Å². The lowest BCUT2D eigenvalue weighted by Crippen LogP contribution is -2.40. The molecule has 1 amide bonds. The Morgan fingerprint density at radius 1 is 0.970 bits per heavy atom. The number of nitrogens with one attached hydrogen (secondary N) is 1. The van der Waals surface area contributed by atoms with Crippen LogP contribution in [-0.2, 0) is 11.3 Å². The summed E-state index contributed by atoms with van der Waals surface area (Å²) < 4.78 is 0. The molecule has 2 aromatic carbocycles. The van der Waals surface area contributed by atoms with Crippen LogP contribution >= 0.6 is 0 Å². The van der Waals surface area contributed by atoms with E-state index in [4.69, 9.17) is 9.97 Å². The van der Waals surface area contributed by atoms with Crippen LogP contribution in [0.15, 0.2) is 73.1 Å². The van der Waals surface area contributed by atoms with Gasteiger partial charge in [-0.15, -0.1) is 0 Å². The minimum atomic E-state index is 0.0273. The van der Waals surface area contributed by atoms with E-state index < -0.39 is 0 Å². The average Bonchev–Trinajstić information content (AvgIpc) is 2.88. The lowest BCUT2D eigenvalue weighted by Gasteiger charge is -2.33. The number of carbonyl (C=O) groups excluding carboxylic acids is 1. The number of para-hydroxylation sites is 1. The summed E-state index contributed by atoms with van der Waals surface area (Å²) in [6.45, 7) is 4.22. The number of carbonyl (C=O) groups is 1. The van der Waals surface area contributed by atoms with E-state index in [1.807, 2.05) is 30.3 Å². The molecule has 4 aromatic rings. The first-order chi connectivity index (χ1) is 16.2. The van der Waals surface area contributed by atoms with Gasteiger partial charge in [-0.25, -0.2) is 9.97 Å². The van der Waals surface area contributed by atoms with E-state index in [2.05, 4.69) is 52.5 Å². The summed E-state index contributed by atoms with van der Waals surface area (Å²) in [5.74, 6) is 1.80. The average molecular weight is 438 g/mol. The van der Waals surface area contributed by atoms with Crippen molar-refractivity contribution in [3.63, 3.8) is 0 Å². The van der Waals surface area contributed by atoms with Gasteiger partial charge in [-0.3, -0.25) is 9.78 Å². The zero-order valence-electron chi connectivity index (χ0n) is 18.7.